The number of nitrogens with zero attached hydrogens (tertiary/aromatic N) is 3. The highest BCUT2D eigenvalue weighted by atomic mass is 16.5. The summed E-state index contributed by atoms with van der Waals surface area (Å²) in [5, 5.41) is 5.78. The number of furan rings is 1. The van der Waals surface area contributed by atoms with Crippen molar-refractivity contribution in [3.63, 3.8) is 0 Å². The molecule has 8 aromatic carbocycles. The van der Waals surface area contributed by atoms with E-state index < -0.39 is 5.60 Å². The second-order valence-electron chi connectivity index (χ2n) is 16.2. The first kappa shape index (κ1) is 33.2. The lowest BCUT2D eigenvalue weighted by atomic mass is 9.76. The van der Waals surface area contributed by atoms with Crippen molar-refractivity contribution < 1.29 is 9.15 Å². The molecular weight excluding hydrogens is 735 g/mol. The number of hydrogen-bond donors (Lipinski definition) is 0. The fourth-order valence-electron chi connectivity index (χ4n) is 10.4. The van der Waals surface area contributed by atoms with E-state index in [1.54, 1.807) is 0 Å². The molecule has 284 valence electrons. The molecule has 0 N–H and O–H groups in total. The Morgan fingerprint density at radius 2 is 1.15 bits per heavy atom. The van der Waals surface area contributed by atoms with Crippen LogP contribution in [0.15, 0.2) is 199 Å². The molecule has 3 aromatic heterocycles. The van der Waals surface area contributed by atoms with E-state index in [9.17, 15) is 0 Å². The van der Waals surface area contributed by atoms with Crippen molar-refractivity contribution in [3.8, 4) is 17.1 Å². The summed E-state index contributed by atoms with van der Waals surface area (Å²) in [6.45, 7) is 2.29. The van der Waals surface area contributed by atoms with Crippen molar-refractivity contribution in [2.75, 3.05) is 4.90 Å². The molecule has 0 radical (unpaired) electrons. The van der Waals surface area contributed by atoms with Crippen molar-refractivity contribution in [1.29, 1.82) is 0 Å². The lowest BCUT2D eigenvalue weighted by Gasteiger charge is -2.33. The number of ether oxygens (including phenoxy) is 1. The predicted octanol–water partition coefficient (Wildman–Crippen LogP) is 14.5. The Balaban J connectivity index is 0.955. The molecule has 0 saturated carbocycles. The third kappa shape index (κ3) is 4.52. The maximum atomic E-state index is 7.46. The molecule has 4 heterocycles. The molecule has 0 fully saturated rings. The topological polar surface area (TPSA) is 35.5 Å². The van der Waals surface area contributed by atoms with Gasteiger partial charge in [0, 0.05) is 61.3 Å². The molecule has 0 bridgehead atoms. The summed E-state index contributed by atoms with van der Waals surface area (Å²) in [7, 11) is 0. The largest absolute Gasteiger partial charge is 0.481 e. The van der Waals surface area contributed by atoms with E-state index in [1.807, 2.05) is 12.1 Å². The Morgan fingerprint density at radius 3 is 1.95 bits per heavy atom. The van der Waals surface area contributed by atoms with E-state index in [0.717, 1.165) is 78.2 Å². The van der Waals surface area contributed by atoms with E-state index in [4.69, 9.17) is 9.15 Å². The smallest absolute Gasteiger partial charge is 0.159 e. The van der Waals surface area contributed by atoms with Crippen LogP contribution in [0.2, 0.25) is 0 Å². The Kier molecular flexibility index (Phi) is 6.85. The van der Waals surface area contributed by atoms with Gasteiger partial charge in [-0.05, 0) is 91.9 Å². The van der Waals surface area contributed by atoms with Crippen LogP contribution < -0.4 is 9.64 Å². The minimum Gasteiger partial charge on any atom is -0.481 e. The Labute approximate surface area is 346 Å². The molecule has 5 nitrogen and oxygen atoms in total. The van der Waals surface area contributed by atoms with Gasteiger partial charge < -0.3 is 23.2 Å². The van der Waals surface area contributed by atoms with Crippen molar-refractivity contribution in [3.05, 3.63) is 211 Å². The summed E-state index contributed by atoms with van der Waals surface area (Å²) < 4.78 is 18.8. The zero-order chi connectivity index (χ0) is 39.5. The van der Waals surface area contributed by atoms with Crippen LogP contribution in [0.1, 0.15) is 29.7 Å². The van der Waals surface area contributed by atoms with Crippen molar-refractivity contribution in [2.45, 2.75) is 18.4 Å². The van der Waals surface area contributed by atoms with Gasteiger partial charge in [0.1, 0.15) is 16.9 Å². The molecular formula is C55H37N3O2. The maximum Gasteiger partial charge on any atom is 0.159 e. The zero-order valence-corrected chi connectivity index (χ0v) is 32.8. The minimum absolute atomic E-state index is 0.0465. The summed E-state index contributed by atoms with van der Waals surface area (Å²) in [6.07, 6.45) is 4.69. The average Bonchev–Trinajstić information content (AvgIpc) is 4.04. The van der Waals surface area contributed by atoms with Crippen LogP contribution in [-0.2, 0) is 5.60 Å². The summed E-state index contributed by atoms with van der Waals surface area (Å²) >= 11 is 0. The number of anilines is 3. The van der Waals surface area contributed by atoms with E-state index in [0.29, 0.717) is 0 Å². The van der Waals surface area contributed by atoms with Crippen LogP contribution in [0.3, 0.4) is 0 Å². The first-order valence-corrected chi connectivity index (χ1v) is 20.6. The summed E-state index contributed by atoms with van der Waals surface area (Å²) in [4.78, 5) is 2.29. The molecule has 11 aromatic rings. The molecule has 1 aliphatic heterocycles. The molecule has 2 unspecified atom stereocenters. The van der Waals surface area contributed by atoms with Gasteiger partial charge in [0.2, 0.25) is 0 Å². The van der Waals surface area contributed by atoms with E-state index >= 15 is 0 Å². The lowest BCUT2D eigenvalue weighted by Crippen LogP contribution is -2.33. The first-order chi connectivity index (χ1) is 29.7. The number of benzene rings is 8. The number of hydrogen-bond acceptors (Lipinski definition) is 3. The lowest BCUT2D eigenvalue weighted by molar-refractivity contribution is 0.103. The van der Waals surface area contributed by atoms with Gasteiger partial charge in [0.15, 0.2) is 5.58 Å². The third-order valence-electron chi connectivity index (χ3n) is 12.9. The highest BCUT2D eigenvalue weighted by molar-refractivity contribution is 6.13. The van der Waals surface area contributed by atoms with Gasteiger partial charge in [-0.3, -0.25) is 0 Å². The van der Waals surface area contributed by atoms with Crippen LogP contribution >= 0.6 is 0 Å². The molecule has 1 aliphatic carbocycles. The minimum atomic E-state index is -0.628. The number of fused-ring (bicyclic) bond motifs is 14. The van der Waals surface area contributed by atoms with Gasteiger partial charge in [-0.2, -0.15) is 0 Å². The van der Waals surface area contributed by atoms with Crippen molar-refractivity contribution in [1.82, 2.24) is 9.13 Å². The second-order valence-corrected chi connectivity index (χ2v) is 16.2. The van der Waals surface area contributed by atoms with Gasteiger partial charge in [-0.1, -0.05) is 115 Å². The quantitative estimate of drug-likeness (QED) is 0.175. The molecule has 0 saturated heterocycles. The van der Waals surface area contributed by atoms with Gasteiger partial charge >= 0.3 is 0 Å². The maximum absolute atomic E-state index is 7.46. The van der Waals surface area contributed by atoms with Gasteiger partial charge in [0.05, 0.1) is 33.3 Å². The second kappa shape index (κ2) is 12.4. The van der Waals surface area contributed by atoms with Crippen molar-refractivity contribution in [2.24, 2.45) is 0 Å². The van der Waals surface area contributed by atoms with E-state index in [-0.39, 0.29) is 5.92 Å². The van der Waals surface area contributed by atoms with Gasteiger partial charge in [-0.15, -0.1) is 0 Å². The summed E-state index contributed by atoms with van der Waals surface area (Å²) in [5.41, 5.74) is 13.5. The third-order valence-corrected chi connectivity index (χ3v) is 12.9. The summed E-state index contributed by atoms with van der Waals surface area (Å²) in [6, 6.07) is 66.9. The van der Waals surface area contributed by atoms with Gasteiger partial charge in [0.25, 0.3) is 0 Å². The zero-order valence-electron chi connectivity index (χ0n) is 32.8. The van der Waals surface area contributed by atoms with Gasteiger partial charge in [-0.25, -0.2) is 0 Å². The average molecular weight is 772 g/mol. The molecule has 5 heteroatoms. The van der Waals surface area contributed by atoms with Crippen molar-refractivity contribution >= 4 is 77.8 Å². The highest BCUT2D eigenvalue weighted by Crippen LogP contribution is 2.59. The fourth-order valence-corrected chi connectivity index (χ4v) is 10.4. The predicted molar refractivity (Wildman–Crippen MR) is 246 cm³/mol. The molecule has 0 amide bonds. The highest BCUT2D eigenvalue weighted by Gasteiger charge is 2.50. The monoisotopic (exact) mass is 771 g/mol. The first-order valence-electron chi connectivity index (χ1n) is 20.6. The SMILES string of the molecule is CC12Oc3c(ccc4c3c3ccccc3n4-c3ccccc3)C1C=Cc1c2c2ccccc2n1-c1ccc(N(c2ccccc2)c2cccc3c2oc2ccccc23)cc1. The normalized spacial score (nSPS) is 16.7. The van der Waals surface area contributed by atoms with Crippen LogP contribution in [0.5, 0.6) is 5.75 Å². The fraction of sp³-hybridized carbons (Fsp3) is 0.0545. The van der Waals surface area contributed by atoms with Crippen LogP contribution in [0, 0.1) is 0 Å². The number of aromatic nitrogens is 2. The standard InChI is InChI=1S/C55H37N3O2/c1-55-44(41-31-33-47-51(54(41)60-55)42-20-8-11-23-45(42)57(47)36-17-6-3-7-18-36)32-34-48-52(55)43-21-9-12-24-46(43)58(48)38-29-27-37(28-30-38)56(35-15-4-2-5-16-35)49-25-14-22-40-39-19-10-13-26-50(39)59-53(40)49/h2-34,44H,1H3. The van der Waals surface area contributed by atoms with Crippen LogP contribution in [0.4, 0.5) is 17.1 Å². The molecule has 2 aliphatic rings. The van der Waals surface area contributed by atoms with Crippen LogP contribution in [-0.4, -0.2) is 9.13 Å². The van der Waals surface area contributed by atoms with Crippen LogP contribution in [0.25, 0.3) is 72.1 Å². The molecule has 60 heavy (non-hydrogen) atoms. The van der Waals surface area contributed by atoms with E-state index in [2.05, 4.69) is 209 Å². The molecule has 2 atom stereocenters. The number of rotatable bonds is 5. The Morgan fingerprint density at radius 1 is 0.517 bits per heavy atom. The number of para-hydroxylation sites is 6. The molecule has 0 spiro atoms. The summed E-state index contributed by atoms with van der Waals surface area (Å²) in [5.74, 6) is 1.02. The van der Waals surface area contributed by atoms with E-state index in [1.165, 1.54) is 27.4 Å². The Hall–Kier alpha value is -7.76. The Bertz CT molecular complexity index is 3540. The molecule has 13 rings (SSSR count).